The second kappa shape index (κ2) is 5.84. The Bertz CT molecular complexity index is 571. The zero-order chi connectivity index (χ0) is 13.8. The van der Waals surface area contributed by atoms with Gasteiger partial charge in [-0.2, -0.15) is 0 Å². The van der Waals surface area contributed by atoms with E-state index < -0.39 is 0 Å². The van der Waals surface area contributed by atoms with Gasteiger partial charge < -0.3 is 19.9 Å². The van der Waals surface area contributed by atoms with Crippen LogP contribution in [0.15, 0.2) is 48.5 Å². The summed E-state index contributed by atoms with van der Waals surface area (Å²) in [5.74, 6) is 2.44. The van der Waals surface area contributed by atoms with Gasteiger partial charge in [0.25, 0.3) is 0 Å². The fourth-order valence-corrected chi connectivity index (χ4v) is 2.14. The van der Waals surface area contributed by atoms with Crippen molar-refractivity contribution < 1.29 is 14.2 Å². The van der Waals surface area contributed by atoms with Crippen LogP contribution in [-0.4, -0.2) is 19.8 Å². The second-order valence-corrected chi connectivity index (χ2v) is 4.63. The largest absolute Gasteiger partial charge is 0.491 e. The second-order valence-electron chi connectivity index (χ2n) is 4.63. The molecule has 0 radical (unpaired) electrons. The van der Waals surface area contributed by atoms with Crippen molar-refractivity contribution in [2.75, 3.05) is 19.8 Å². The number of rotatable bonds is 5. The van der Waals surface area contributed by atoms with Crippen molar-refractivity contribution in [3.8, 4) is 17.2 Å². The molecule has 20 heavy (non-hydrogen) atoms. The Kier molecular flexibility index (Phi) is 3.74. The number of hydrogen-bond acceptors (Lipinski definition) is 4. The Balaban J connectivity index is 1.50. The van der Waals surface area contributed by atoms with Gasteiger partial charge in [-0.15, -0.1) is 0 Å². The molecule has 2 aromatic carbocycles. The lowest BCUT2D eigenvalue weighted by Crippen LogP contribution is -2.10. The number of ether oxygens (including phenoxy) is 3. The van der Waals surface area contributed by atoms with Crippen LogP contribution < -0.4 is 19.9 Å². The summed E-state index contributed by atoms with van der Waals surface area (Å²) in [7, 11) is 0. The van der Waals surface area contributed by atoms with Gasteiger partial charge in [0, 0.05) is 11.6 Å². The molecule has 1 aliphatic heterocycles. The fourth-order valence-electron chi connectivity index (χ4n) is 2.14. The van der Waals surface area contributed by atoms with E-state index in [1.165, 1.54) is 0 Å². The van der Waals surface area contributed by atoms with Crippen molar-refractivity contribution in [2.45, 2.75) is 6.04 Å². The maximum absolute atomic E-state index is 5.90. The van der Waals surface area contributed by atoms with Gasteiger partial charge in [-0.05, 0) is 24.3 Å². The van der Waals surface area contributed by atoms with Crippen molar-refractivity contribution in [1.82, 2.24) is 0 Å². The van der Waals surface area contributed by atoms with Crippen LogP contribution in [-0.2, 0) is 0 Å². The van der Waals surface area contributed by atoms with E-state index in [4.69, 9.17) is 19.9 Å². The zero-order valence-corrected chi connectivity index (χ0v) is 11.1. The molecular weight excluding hydrogens is 254 g/mol. The number of benzene rings is 2. The molecular formula is C16H17NO3. The first-order chi connectivity index (χ1) is 9.83. The van der Waals surface area contributed by atoms with Crippen molar-refractivity contribution in [1.29, 1.82) is 0 Å². The standard InChI is InChI=1S/C16H17NO3/c17-15-11-20-16-10-13(6-7-14(15)16)19-9-8-18-12-4-2-1-3-5-12/h1-7,10,15H,8-9,11,17H2. The van der Waals surface area contributed by atoms with Gasteiger partial charge in [-0.1, -0.05) is 18.2 Å². The molecule has 1 heterocycles. The maximum Gasteiger partial charge on any atom is 0.127 e. The topological polar surface area (TPSA) is 53.7 Å². The average Bonchev–Trinajstić information content (AvgIpc) is 2.86. The number of nitrogens with two attached hydrogens (primary N) is 1. The monoisotopic (exact) mass is 271 g/mol. The van der Waals surface area contributed by atoms with Crippen LogP contribution in [0.3, 0.4) is 0 Å². The van der Waals surface area contributed by atoms with E-state index >= 15 is 0 Å². The summed E-state index contributed by atoms with van der Waals surface area (Å²) >= 11 is 0. The van der Waals surface area contributed by atoms with Gasteiger partial charge in [0.1, 0.15) is 37.1 Å². The molecule has 104 valence electrons. The molecule has 4 nitrogen and oxygen atoms in total. The molecule has 2 aromatic rings. The van der Waals surface area contributed by atoms with Crippen molar-refractivity contribution in [2.24, 2.45) is 5.73 Å². The predicted molar refractivity (Wildman–Crippen MR) is 76.3 cm³/mol. The molecule has 3 rings (SSSR count). The van der Waals surface area contributed by atoms with Crippen LogP contribution in [0.1, 0.15) is 11.6 Å². The molecule has 1 unspecified atom stereocenters. The van der Waals surface area contributed by atoms with Crippen LogP contribution in [0.4, 0.5) is 0 Å². The Morgan fingerprint density at radius 2 is 1.75 bits per heavy atom. The Morgan fingerprint density at radius 3 is 2.55 bits per heavy atom. The van der Waals surface area contributed by atoms with Gasteiger partial charge in [-0.3, -0.25) is 0 Å². The van der Waals surface area contributed by atoms with Gasteiger partial charge >= 0.3 is 0 Å². The molecule has 0 spiro atoms. The van der Waals surface area contributed by atoms with Crippen LogP contribution in [0.25, 0.3) is 0 Å². The van der Waals surface area contributed by atoms with Crippen molar-refractivity contribution >= 4 is 0 Å². The molecule has 0 saturated carbocycles. The highest BCUT2D eigenvalue weighted by molar-refractivity contribution is 5.44. The molecule has 1 atom stereocenters. The SMILES string of the molecule is NC1COc2cc(OCCOc3ccccc3)ccc21. The molecule has 0 bridgehead atoms. The Morgan fingerprint density at radius 1 is 1.00 bits per heavy atom. The van der Waals surface area contributed by atoms with E-state index in [1.807, 2.05) is 48.5 Å². The summed E-state index contributed by atoms with van der Waals surface area (Å²) in [6.45, 7) is 1.52. The number of para-hydroxylation sites is 1. The lowest BCUT2D eigenvalue weighted by Gasteiger charge is -2.09. The lowest BCUT2D eigenvalue weighted by atomic mass is 10.1. The molecule has 0 aromatic heterocycles. The third kappa shape index (κ3) is 2.86. The highest BCUT2D eigenvalue weighted by Gasteiger charge is 2.20. The Labute approximate surface area is 118 Å². The smallest absolute Gasteiger partial charge is 0.127 e. The fraction of sp³-hybridized carbons (Fsp3) is 0.250. The molecule has 0 aliphatic carbocycles. The third-order valence-electron chi connectivity index (χ3n) is 3.17. The van der Waals surface area contributed by atoms with E-state index in [1.54, 1.807) is 0 Å². The first-order valence-corrected chi connectivity index (χ1v) is 6.66. The Hall–Kier alpha value is -2.20. The highest BCUT2D eigenvalue weighted by atomic mass is 16.5. The summed E-state index contributed by atoms with van der Waals surface area (Å²) in [6, 6.07) is 15.4. The van der Waals surface area contributed by atoms with E-state index in [0.29, 0.717) is 19.8 Å². The molecule has 0 saturated heterocycles. The van der Waals surface area contributed by atoms with Gasteiger partial charge in [0.15, 0.2) is 0 Å². The van der Waals surface area contributed by atoms with Gasteiger partial charge in [0.05, 0.1) is 6.04 Å². The molecule has 1 aliphatic rings. The third-order valence-corrected chi connectivity index (χ3v) is 3.17. The van der Waals surface area contributed by atoms with Crippen LogP contribution in [0, 0.1) is 0 Å². The van der Waals surface area contributed by atoms with E-state index in [0.717, 1.165) is 22.8 Å². The number of fused-ring (bicyclic) bond motifs is 1. The summed E-state index contributed by atoms with van der Waals surface area (Å²) in [4.78, 5) is 0. The minimum atomic E-state index is -0.0273. The van der Waals surface area contributed by atoms with E-state index in [9.17, 15) is 0 Å². The van der Waals surface area contributed by atoms with Crippen LogP contribution >= 0.6 is 0 Å². The molecule has 4 heteroatoms. The lowest BCUT2D eigenvalue weighted by molar-refractivity contribution is 0.216. The van der Waals surface area contributed by atoms with E-state index in [-0.39, 0.29) is 6.04 Å². The summed E-state index contributed by atoms with van der Waals surface area (Å²) < 4.78 is 16.7. The maximum atomic E-state index is 5.90. The molecule has 0 amide bonds. The summed E-state index contributed by atoms with van der Waals surface area (Å²) in [5, 5.41) is 0. The normalized spacial score (nSPS) is 16.4. The minimum Gasteiger partial charge on any atom is -0.491 e. The van der Waals surface area contributed by atoms with Crippen molar-refractivity contribution in [3.05, 3.63) is 54.1 Å². The summed E-state index contributed by atoms with van der Waals surface area (Å²) in [6.07, 6.45) is 0. The number of hydrogen-bond donors (Lipinski definition) is 1. The van der Waals surface area contributed by atoms with Gasteiger partial charge in [0.2, 0.25) is 0 Å². The molecule has 0 fully saturated rings. The molecule has 2 N–H and O–H groups in total. The van der Waals surface area contributed by atoms with Gasteiger partial charge in [-0.25, -0.2) is 0 Å². The quantitative estimate of drug-likeness (QED) is 0.849. The van der Waals surface area contributed by atoms with Crippen molar-refractivity contribution in [3.63, 3.8) is 0 Å². The minimum absolute atomic E-state index is 0.0273. The predicted octanol–water partition coefficient (Wildman–Crippen LogP) is 2.54. The summed E-state index contributed by atoms with van der Waals surface area (Å²) in [5.41, 5.74) is 6.94. The zero-order valence-electron chi connectivity index (χ0n) is 11.1. The van der Waals surface area contributed by atoms with E-state index in [2.05, 4.69) is 0 Å². The first-order valence-electron chi connectivity index (χ1n) is 6.66. The highest BCUT2D eigenvalue weighted by Crippen LogP contribution is 2.33. The van der Waals surface area contributed by atoms with Crippen LogP contribution in [0.5, 0.6) is 17.2 Å². The average molecular weight is 271 g/mol. The van der Waals surface area contributed by atoms with Crippen LogP contribution in [0.2, 0.25) is 0 Å². The first kappa shape index (κ1) is 12.8.